The van der Waals surface area contributed by atoms with Crippen molar-refractivity contribution in [2.45, 2.75) is 19.1 Å². The Balaban J connectivity index is 1.83. The van der Waals surface area contributed by atoms with Crippen LogP contribution in [0.15, 0.2) is 36.5 Å². The van der Waals surface area contributed by atoms with Crippen molar-refractivity contribution in [3.05, 3.63) is 47.8 Å². The van der Waals surface area contributed by atoms with Gasteiger partial charge >= 0.3 is 0 Å². The lowest BCUT2D eigenvalue weighted by Gasteiger charge is -2.23. The number of benzene rings is 1. The van der Waals surface area contributed by atoms with E-state index in [0.29, 0.717) is 13.2 Å². The molecule has 2 heterocycles. The van der Waals surface area contributed by atoms with Crippen LogP contribution in [0.2, 0.25) is 0 Å². The molecule has 0 saturated carbocycles. The van der Waals surface area contributed by atoms with E-state index >= 15 is 0 Å². The summed E-state index contributed by atoms with van der Waals surface area (Å²) >= 11 is 0. The third-order valence-electron chi connectivity index (χ3n) is 2.87. The topological polar surface area (TPSA) is 39.9 Å². The van der Waals surface area contributed by atoms with Crippen molar-refractivity contribution in [2.24, 2.45) is 0 Å². The van der Waals surface area contributed by atoms with Crippen molar-refractivity contribution < 1.29 is 4.74 Å². The van der Waals surface area contributed by atoms with E-state index in [-0.39, 0.29) is 6.04 Å². The molecule has 1 aliphatic rings. The van der Waals surface area contributed by atoms with Crippen molar-refractivity contribution in [1.29, 1.82) is 0 Å². The number of hydrogen-bond donors (Lipinski definition) is 0. The highest BCUT2D eigenvalue weighted by Gasteiger charge is 2.21. The average Bonchev–Trinajstić information content (AvgIpc) is 2.80. The monoisotopic (exact) mass is 215 g/mol. The lowest BCUT2D eigenvalue weighted by atomic mass is 10.1. The molecule has 0 unspecified atom stereocenters. The Morgan fingerprint density at radius 3 is 3.06 bits per heavy atom. The van der Waals surface area contributed by atoms with E-state index in [1.807, 2.05) is 10.7 Å². The van der Waals surface area contributed by atoms with Gasteiger partial charge in [-0.3, -0.25) is 0 Å². The van der Waals surface area contributed by atoms with Crippen LogP contribution in [0, 0.1) is 0 Å². The standard InChI is InChI=1S/C12H13N3O/c1-2-4-10(5-3-1)6-11-8-16-9-12-7-13-14-15(11)12/h1-5,7,11H,6,8-9H2/t11-/m0/s1. The molecule has 82 valence electrons. The first-order chi connectivity index (χ1) is 7.93. The molecule has 2 aromatic rings. The van der Waals surface area contributed by atoms with Gasteiger partial charge in [0.25, 0.3) is 0 Å². The molecule has 16 heavy (non-hydrogen) atoms. The van der Waals surface area contributed by atoms with Crippen LogP contribution >= 0.6 is 0 Å². The van der Waals surface area contributed by atoms with Gasteiger partial charge in [0.15, 0.2) is 0 Å². The second-order valence-electron chi connectivity index (χ2n) is 4.03. The summed E-state index contributed by atoms with van der Waals surface area (Å²) in [4.78, 5) is 0. The summed E-state index contributed by atoms with van der Waals surface area (Å²) in [7, 11) is 0. The molecule has 1 aliphatic heterocycles. The van der Waals surface area contributed by atoms with Gasteiger partial charge in [-0.2, -0.15) is 0 Å². The van der Waals surface area contributed by atoms with Crippen LogP contribution in [0.3, 0.4) is 0 Å². The quantitative estimate of drug-likeness (QED) is 0.763. The third kappa shape index (κ3) is 1.72. The van der Waals surface area contributed by atoms with E-state index in [2.05, 4.69) is 34.6 Å². The smallest absolute Gasteiger partial charge is 0.0902 e. The van der Waals surface area contributed by atoms with Gasteiger partial charge in [-0.1, -0.05) is 35.5 Å². The molecule has 0 radical (unpaired) electrons. The average molecular weight is 215 g/mol. The highest BCUT2D eigenvalue weighted by atomic mass is 16.5. The first-order valence-electron chi connectivity index (χ1n) is 5.44. The van der Waals surface area contributed by atoms with E-state index < -0.39 is 0 Å². The molecule has 1 aromatic carbocycles. The molecule has 4 nitrogen and oxygen atoms in total. The first kappa shape index (κ1) is 9.54. The molecule has 4 heteroatoms. The number of fused-ring (bicyclic) bond motifs is 1. The fraction of sp³-hybridized carbons (Fsp3) is 0.333. The predicted octanol–water partition coefficient (Wildman–Crippen LogP) is 1.59. The van der Waals surface area contributed by atoms with E-state index in [1.54, 1.807) is 6.20 Å². The largest absolute Gasteiger partial charge is 0.373 e. The second-order valence-corrected chi connectivity index (χ2v) is 4.03. The number of aromatic nitrogens is 3. The van der Waals surface area contributed by atoms with Crippen molar-refractivity contribution in [3.8, 4) is 0 Å². The number of rotatable bonds is 2. The lowest BCUT2D eigenvalue weighted by molar-refractivity contribution is 0.0513. The molecule has 0 amide bonds. The van der Waals surface area contributed by atoms with Gasteiger partial charge in [0.2, 0.25) is 0 Å². The number of ether oxygens (including phenoxy) is 1. The molecule has 0 saturated heterocycles. The van der Waals surface area contributed by atoms with Crippen molar-refractivity contribution >= 4 is 0 Å². The van der Waals surface area contributed by atoms with E-state index in [0.717, 1.165) is 12.1 Å². The fourth-order valence-corrected chi connectivity index (χ4v) is 2.08. The molecule has 0 bridgehead atoms. The Hall–Kier alpha value is -1.68. The maximum Gasteiger partial charge on any atom is 0.0902 e. The summed E-state index contributed by atoms with van der Waals surface area (Å²) in [6.45, 7) is 1.34. The summed E-state index contributed by atoms with van der Waals surface area (Å²) in [5.41, 5.74) is 2.37. The lowest BCUT2D eigenvalue weighted by Crippen LogP contribution is -2.26. The van der Waals surface area contributed by atoms with Crippen LogP contribution in [0.25, 0.3) is 0 Å². The number of nitrogens with zero attached hydrogens (tertiary/aromatic N) is 3. The van der Waals surface area contributed by atoms with Gasteiger partial charge in [0, 0.05) is 0 Å². The number of hydrogen-bond acceptors (Lipinski definition) is 3. The van der Waals surface area contributed by atoms with Gasteiger partial charge in [0.1, 0.15) is 0 Å². The fourth-order valence-electron chi connectivity index (χ4n) is 2.08. The Morgan fingerprint density at radius 2 is 2.19 bits per heavy atom. The van der Waals surface area contributed by atoms with E-state index in [4.69, 9.17) is 4.74 Å². The van der Waals surface area contributed by atoms with Gasteiger partial charge < -0.3 is 4.74 Å². The van der Waals surface area contributed by atoms with Crippen LogP contribution in [-0.4, -0.2) is 21.6 Å². The second kappa shape index (κ2) is 4.06. The summed E-state index contributed by atoms with van der Waals surface area (Å²) < 4.78 is 7.52. The Morgan fingerprint density at radius 1 is 1.31 bits per heavy atom. The third-order valence-corrected chi connectivity index (χ3v) is 2.87. The summed E-state index contributed by atoms with van der Waals surface area (Å²) in [6.07, 6.45) is 2.72. The summed E-state index contributed by atoms with van der Waals surface area (Å²) in [6, 6.07) is 10.7. The van der Waals surface area contributed by atoms with Gasteiger partial charge in [-0.25, -0.2) is 4.68 Å². The maximum atomic E-state index is 5.54. The van der Waals surface area contributed by atoms with Crippen molar-refractivity contribution in [3.63, 3.8) is 0 Å². The zero-order valence-corrected chi connectivity index (χ0v) is 8.91. The Kier molecular flexibility index (Phi) is 2.42. The van der Waals surface area contributed by atoms with Crippen molar-refractivity contribution in [2.75, 3.05) is 6.61 Å². The zero-order valence-electron chi connectivity index (χ0n) is 8.91. The minimum Gasteiger partial charge on any atom is -0.373 e. The van der Waals surface area contributed by atoms with Crippen LogP contribution < -0.4 is 0 Å². The SMILES string of the molecule is c1ccc(C[C@H]2COCc3cnnn32)cc1. The van der Waals surface area contributed by atoms with Crippen LogP contribution in [0.5, 0.6) is 0 Å². The minimum atomic E-state index is 0.272. The molecule has 1 atom stereocenters. The summed E-state index contributed by atoms with van der Waals surface area (Å²) in [5, 5.41) is 8.05. The first-order valence-corrected chi connectivity index (χ1v) is 5.44. The van der Waals surface area contributed by atoms with Crippen molar-refractivity contribution in [1.82, 2.24) is 15.0 Å². The molecule has 3 rings (SSSR count). The molecule has 1 aromatic heterocycles. The molecule has 0 aliphatic carbocycles. The highest BCUT2D eigenvalue weighted by Crippen LogP contribution is 2.20. The van der Waals surface area contributed by atoms with E-state index in [1.165, 1.54) is 5.56 Å². The van der Waals surface area contributed by atoms with E-state index in [9.17, 15) is 0 Å². The van der Waals surface area contributed by atoms with Crippen LogP contribution in [0.1, 0.15) is 17.3 Å². The Labute approximate surface area is 93.9 Å². The highest BCUT2D eigenvalue weighted by molar-refractivity contribution is 5.16. The van der Waals surface area contributed by atoms with Gasteiger partial charge in [-0.05, 0) is 12.0 Å². The minimum absolute atomic E-state index is 0.272. The van der Waals surface area contributed by atoms with Crippen LogP contribution in [-0.2, 0) is 17.8 Å². The van der Waals surface area contributed by atoms with Gasteiger partial charge in [-0.15, -0.1) is 5.10 Å². The summed E-state index contributed by atoms with van der Waals surface area (Å²) in [5.74, 6) is 0. The zero-order chi connectivity index (χ0) is 10.8. The Bertz CT molecular complexity index is 466. The normalized spacial score (nSPS) is 19.4. The predicted molar refractivity (Wildman–Crippen MR) is 58.9 cm³/mol. The molecular formula is C12H13N3O. The maximum absolute atomic E-state index is 5.54. The van der Waals surface area contributed by atoms with Gasteiger partial charge in [0.05, 0.1) is 31.1 Å². The molecule has 0 spiro atoms. The van der Waals surface area contributed by atoms with Crippen LogP contribution in [0.4, 0.5) is 0 Å². The molecule has 0 N–H and O–H groups in total. The molecule has 0 fully saturated rings. The molecular weight excluding hydrogens is 202 g/mol.